The first-order valence-corrected chi connectivity index (χ1v) is 11.6. The number of hydrogen-bond donors (Lipinski definition) is 0. The zero-order chi connectivity index (χ0) is 24.9. The Labute approximate surface area is 208 Å². The molecule has 0 N–H and O–H groups in total. The molecule has 0 aliphatic rings. The van der Waals surface area contributed by atoms with Crippen LogP contribution in [0, 0.1) is 0 Å². The largest absolute Gasteiger partial charge is 0.489 e. The minimum atomic E-state index is -0.423. The summed E-state index contributed by atoms with van der Waals surface area (Å²) in [5, 5.41) is 4.10. The lowest BCUT2D eigenvalue weighted by molar-refractivity contribution is -0.142. The quantitative estimate of drug-likeness (QED) is 0.146. The summed E-state index contributed by atoms with van der Waals surface area (Å²) < 4.78 is 17.1. The SMILES string of the molecule is CC(=O)OCc1c2ccccc2c(COc2cccc(OC(=O)c3ccccc3)c2)c2ccccc12. The predicted octanol–water partition coefficient (Wildman–Crippen LogP) is 6.85. The fourth-order valence-electron chi connectivity index (χ4n) is 4.32. The van der Waals surface area contributed by atoms with Gasteiger partial charge in [0.25, 0.3) is 0 Å². The van der Waals surface area contributed by atoms with Gasteiger partial charge in [0.15, 0.2) is 0 Å². The smallest absolute Gasteiger partial charge is 0.343 e. The van der Waals surface area contributed by atoms with Crippen molar-refractivity contribution >= 4 is 33.5 Å². The standard InChI is InChI=1S/C31H24O5/c1-21(32)34-19-29-25-14-5-7-16-27(25)30(28-17-8-6-15-26(28)29)20-35-23-12-9-13-24(18-23)36-31(33)22-10-3-2-4-11-22/h2-18H,19-20H2,1H3. The van der Waals surface area contributed by atoms with Gasteiger partial charge in [-0.3, -0.25) is 4.79 Å². The Hall–Kier alpha value is -4.64. The maximum absolute atomic E-state index is 12.4. The van der Waals surface area contributed by atoms with Gasteiger partial charge in [0, 0.05) is 24.1 Å². The van der Waals surface area contributed by atoms with E-state index in [1.165, 1.54) is 6.92 Å². The lowest BCUT2D eigenvalue weighted by Gasteiger charge is -2.17. The molecule has 0 radical (unpaired) electrons. The molecule has 0 aliphatic carbocycles. The first-order valence-electron chi connectivity index (χ1n) is 11.6. The van der Waals surface area contributed by atoms with Gasteiger partial charge in [0.2, 0.25) is 0 Å². The molecule has 5 rings (SSSR count). The highest BCUT2D eigenvalue weighted by molar-refractivity contribution is 6.05. The Balaban J connectivity index is 1.45. The summed E-state index contributed by atoms with van der Waals surface area (Å²) in [6.07, 6.45) is 0. The summed E-state index contributed by atoms with van der Waals surface area (Å²) in [6.45, 7) is 1.93. The van der Waals surface area contributed by atoms with Crippen LogP contribution >= 0.6 is 0 Å². The van der Waals surface area contributed by atoms with E-state index in [-0.39, 0.29) is 12.6 Å². The van der Waals surface area contributed by atoms with Crippen molar-refractivity contribution in [2.45, 2.75) is 20.1 Å². The lowest BCUT2D eigenvalue weighted by Crippen LogP contribution is -2.08. The van der Waals surface area contributed by atoms with Gasteiger partial charge >= 0.3 is 11.9 Å². The molecule has 5 aromatic carbocycles. The monoisotopic (exact) mass is 476 g/mol. The predicted molar refractivity (Wildman–Crippen MR) is 139 cm³/mol. The van der Waals surface area contributed by atoms with Gasteiger partial charge in [-0.25, -0.2) is 4.79 Å². The van der Waals surface area contributed by atoms with E-state index in [9.17, 15) is 9.59 Å². The van der Waals surface area contributed by atoms with Gasteiger partial charge in [-0.15, -0.1) is 0 Å². The molecule has 0 saturated carbocycles. The van der Waals surface area contributed by atoms with Gasteiger partial charge in [-0.1, -0.05) is 72.8 Å². The third kappa shape index (κ3) is 4.91. The van der Waals surface area contributed by atoms with Crippen LogP contribution < -0.4 is 9.47 Å². The first-order chi connectivity index (χ1) is 17.6. The van der Waals surface area contributed by atoms with Crippen LogP contribution in [-0.4, -0.2) is 11.9 Å². The number of benzene rings is 5. The van der Waals surface area contributed by atoms with Crippen molar-refractivity contribution in [3.63, 3.8) is 0 Å². The van der Waals surface area contributed by atoms with E-state index in [0.717, 1.165) is 32.7 Å². The van der Waals surface area contributed by atoms with Gasteiger partial charge in [-0.2, -0.15) is 0 Å². The summed E-state index contributed by atoms with van der Waals surface area (Å²) >= 11 is 0. The van der Waals surface area contributed by atoms with Gasteiger partial charge in [-0.05, 0) is 45.8 Å². The second kappa shape index (κ2) is 10.3. The number of carbonyl (C=O) groups is 2. The van der Waals surface area contributed by atoms with E-state index in [1.807, 2.05) is 48.5 Å². The Morgan fingerprint density at radius 1 is 0.611 bits per heavy atom. The van der Waals surface area contributed by atoms with Crippen LogP contribution in [0.4, 0.5) is 0 Å². The van der Waals surface area contributed by atoms with Crippen molar-refractivity contribution in [2.24, 2.45) is 0 Å². The number of esters is 2. The van der Waals surface area contributed by atoms with E-state index in [1.54, 1.807) is 42.5 Å². The highest BCUT2D eigenvalue weighted by atomic mass is 16.5. The number of hydrogen-bond acceptors (Lipinski definition) is 5. The molecular weight excluding hydrogens is 452 g/mol. The normalized spacial score (nSPS) is 10.8. The first kappa shape index (κ1) is 23.1. The number of ether oxygens (including phenoxy) is 3. The molecule has 178 valence electrons. The molecule has 0 bridgehead atoms. The maximum atomic E-state index is 12.4. The fraction of sp³-hybridized carbons (Fsp3) is 0.0968. The molecule has 0 amide bonds. The molecule has 0 aliphatic heterocycles. The molecule has 0 aromatic heterocycles. The lowest BCUT2D eigenvalue weighted by atomic mass is 9.92. The highest BCUT2D eigenvalue weighted by Gasteiger charge is 2.15. The van der Waals surface area contributed by atoms with Crippen molar-refractivity contribution in [1.82, 2.24) is 0 Å². The van der Waals surface area contributed by atoms with Crippen LogP contribution in [-0.2, 0) is 22.7 Å². The van der Waals surface area contributed by atoms with Crippen molar-refractivity contribution in [3.8, 4) is 11.5 Å². The molecule has 0 fully saturated rings. The second-order valence-electron chi connectivity index (χ2n) is 8.35. The Bertz CT molecular complexity index is 1500. The van der Waals surface area contributed by atoms with E-state index in [0.29, 0.717) is 23.7 Å². The Kier molecular flexibility index (Phi) is 6.63. The molecule has 5 heteroatoms. The number of rotatable bonds is 7. The Morgan fingerprint density at radius 2 is 1.14 bits per heavy atom. The van der Waals surface area contributed by atoms with Crippen LogP contribution in [0.1, 0.15) is 28.4 Å². The second-order valence-corrected chi connectivity index (χ2v) is 8.35. The van der Waals surface area contributed by atoms with Crippen molar-refractivity contribution in [2.75, 3.05) is 0 Å². The molecule has 0 heterocycles. The molecule has 36 heavy (non-hydrogen) atoms. The van der Waals surface area contributed by atoms with Gasteiger partial charge in [0.05, 0.1) is 5.56 Å². The van der Waals surface area contributed by atoms with Crippen molar-refractivity contribution in [1.29, 1.82) is 0 Å². The van der Waals surface area contributed by atoms with Gasteiger partial charge in [0.1, 0.15) is 24.7 Å². The van der Waals surface area contributed by atoms with E-state index in [2.05, 4.69) is 12.1 Å². The minimum Gasteiger partial charge on any atom is -0.489 e. The molecule has 0 atom stereocenters. The summed E-state index contributed by atoms with van der Waals surface area (Å²) in [7, 11) is 0. The van der Waals surface area contributed by atoms with Crippen LogP contribution in [0.25, 0.3) is 21.5 Å². The zero-order valence-corrected chi connectivity index (χ0v) is 19.8. The third-order valence-corrected chi connectivity index (χ3v) is 5.98. The Morgan fingerprint density at radius 3 is 1.72 bits per heavy atom. The van der Waals surface area contributed by atoms with Crippen LogP contribution in [0.3, 0.4) is 0 Å². The summed E-state index contributed by atoms with van der Waals surface area (Å²) in [5.74, 6) is 0.259. The topological polar surface area (TPSA) is 61.8 Å². The molecule has 0 unspecified atom stereocenters. The third-order valence-electron chi connectivity index (χ3n) is 5.98. The van der Waals surface area contributed by atoms with Crippen molar-refractivity contribution in [3.05, 3.63) is 120 Å². The molecule has 5 nitrogen and oxygen atoms in total. The van der Waals surface area contributed by atoms with Crippen molar-refractivity contribution < 1.29 is 23.8 Å². The summed E-state index contributed by atoms with van der Waals surface area (Å²) in [6, 6.07) is 32.0. The molecule has 0 saturated heterocycles. The van der Waals surface area contributed by atoms with E-state index in [4.69, 9.17) is 14.2 Å². The number of fused-ring (bicyclic) bond motifs is 2. The summed E-state index contributed by atoms with van der Waals surface area (Å²) in [5.41, 5.74) is 2.48. The molecular formula is C31H24O5. The molecule has 5 aromatic rings. The average molecular weight is 477 g/mol. The van der Waals surface area contributed by atoms with Gasteiger partial charge < -0.3 is 14.2 Å². The fourth-order valence-corrected chi connectivity index (χ4v) is 4.32. The zero-order valence-electron chi connectivity index (χ0n) is 19.8. The highest BCUT2D eigenvalue weighted by Crippen LogP contribution is 2.34. The van der Waals surface area contributed by atoms with Crippen LogP contribution in [0.2, 0.25) is 0 Å². The minimum absolute atomic E-state index is 0.201. The van der Waals surface area contributed by atoms with Crippen LogP contribution in [0.15, 0.2) is 103 Å². The maximum Gasteiger partial charge on any atom is 0.343 e. The average Bonchev–Trinajstić information content (AvgIpc) is 2.91. The van der Waals surface area contributed by atoms with Crippen LogP contribution in [0.5, 0.6) is 11.5 Å². The summed E-state index contributed by atoms with van der Waals surface area (Å²) in [4.78, 5) is 23.9. The number of carbonyl (C=O) groups excluding carboxylic acids is 2. The molecule has 0 spiro atoms. The van der Waals surface area contributed by atoms with E-state index >= 15 is 0 Å². The van der Waals surface area contributed by atoms with E-state index < -0.39 is 5.97 Å².